The minimum absolute atomic E-state index is 0.332. The summed E-state index contributed by atoms with van der Waals surface area (Å²) in [6, 6.07) is 15.9. The molecule has 3 rings (SSSR count). The van der Waals surface area contributed by atoms with Gasteiger partial charge in [-0.15, -0.1) is 0 Å². The van der Waals surface area contributed by atoms with Gasteiger partial charge in [0.05, 0.1) is 5.56 Å². The van der Waals surface area contributed by atoms with Crippen LogP contribution >= 0.6 is 0 Å². The second-order valence-corrected chi connectivity index (χ2v) is 7.14. The zero-order valence-electron chi connectivity index (χ0n) is 16.0. The number of piperazine rings is 1. The van der Waals surface area contributed by atoms with Crippen molar-refractivity contribution in [3.63, 3.8) is 0 Å². The summed E-state index contributed by atoms with van der Waals surface area (Å²) in [4.78, 5) is 16.0. The Morgan fingerprint density at radius 3 is 2.22 bits per heavy atom. The fourth-order valence-corrected chi connectivity index (χ4v) is 3.45. The molecule has 0 spiro atoms. The molecule has 1 heterocycles. The lowest BCUT2D eigenvalue weighted by Gasteiger charge is -2.34. The summed E-state index contributed by atoms with van der Waals surface area (Å²) >= 11 is 0. The molecule has 5 nitrogen and oxygen atoms in total. The lowest BCUT2D eigenvalue weighted by Crippen LogP contribution is -2.45. The van der Waals surface area contributed by atoms with Gasteiger partial charge in [-0.25, -0.2) is 4.79 Å². The molecule has 27 heavy (non-hydrogen) atoms. The summed E-state index contributed by atoms with van der Waals surface area (Å²) in [6.07, 6.45) is 0. The fraction of sp³-hybridized carbons (Fsp3) is 0.409. The lowest BCUT2D eigenvalue weighted by atomic mass is 10.1. The summed E-state index contributed by atoms with van der Waals surface area (Å²) in [5.74, 6) is -0.886. The van der Waals surface area contributed by atoms with Gasteiger partial charge in [-0.05, 0) is 35.4 Å². The summed E-state index contributed by atoms with van der Waals surface area (Å²) in [5, 5.41) is 12.4. The van der Waals surface area contributed by atoms with Gasteiger partial charge in [0.25, 0.3) is 0 Å². The highest BCUT2D eigenvalue weighted by molar-refractivity contribution is 5.87. The van der Waals surface area contributed by atoms with Gasteiger partial charge in [0.2, 0.25) is 0 Å². The van der Waals surface area contributed by atoms with Crippen LogP contribution in [-0.4, -0.2) is 53.6 Å². The van der Waals surface area contributed by atoms with Crippen LogP contribution in [0.5, 0.6) is 0 Å². The van der Waals surface area contributed by atoms with Crippen molar-refractivity contribution in [2.75, 3.05) is 32.7 Å². The second kappa shape index (κ2) is 9.65. The first-order valence-electron chi connectivity index (χ1n) is 9.69. The Hall–Kier alpha value is -2.21. The first kappa shape index (κ1) is 19.5. The molecule has 0 unspecified atom stereocenters. The Bertz CT molecular complexity index is 737. The second-order valence-electron chi connectivity index (χ2n) is 7.14. The normalized spacial score (nSPS) is 15.7. The van der Waals surface area contributed by atoms with Crippen LogP contribution in [0.25, 0.3) is 0 Å². The number of carbonyl (C=O) groups is 1. The van der Waals surface area contributed by atoms with Gasteiger partial charge < -0.3 is 15.3 Å². The van der Waals surface area contributed by atoms with E-state index in [1.165, 1.54) is 24.2 Å². The van der Waals surface area contributed by atoms with E-state index >= 15 is 0 Å². The van der Waals surface area contributed by atoms with Crippen molar-refractivity contribution in [2.45, 2.75) is 26.6 Å². The Morgan fingerprint density at radius 2 is 1.56 bits per heavy atom. The molecule has 1 fully saturated rings. The largest absolute Gasteiger partial charge is 0.478 e. The highest BCUT2D eigenvalue weighted by Crippen LogP contribution is 2.11. The summed E-state index contributed by atoms with van der Waals surface area (Å²) < 4.78 is 0. The Balaban J connectivity index is 1.44. The Labute approximate surface area is 161 Å². The molecule has 2 aromatic carbocycles. The van der Waals surface area contributed by atoms with Crippen molar-refractivity contribution in [2.24, 2.45) is 0 Å². The molecule has 0 atom stereocenters. The quantitative estimate of drug-likeness (QED) is 0.751. The summed E-state index contributed by atoms with van der Waals surface area (Å²) in [7, 11) is 0. The maximum absolute atomic E-state index is 11.0. The molecule has 0 radical (unpaired) electrons. The molecule has 0 amide bonds. The van der Waals surface area contributed by atoms with Crippen LogP contribution in [0.15, 0.2) is 48.5 Å². The molecule has 1 saturated heterocycles. The van der Waals surface area contributed by atoms with E-state index in [-0.39, 0.29) is 0 Å². The third kappa shape index (κ3) is 5.89. The van der Waals surface area contributed by atoms with Crippen LogP contribution in [0.4, 0.5) is 0 Å². The highest BCUT2D eigenvalue weighted by Gasteiger charge is 2.15. The molecule has 0 bridgehead atoms. The third-order valence-electron chi connectivity index (χ3n) is 5.17. The van der Waals surface area contributed by atoms with E-state index < -0.39 is 5.97 Å². The van der Waals surface area contributed by atoms with E-state index in [1.807, 2.05) is 6.07 Å². The molecular formula is C22H29N3O2. The van der Waals surface area contributed by atoms with Gasteiger partial charge in [0.15, 0.2) is 0 Å². The predicted molar refractivity (Wildman–Crippen MR) is 108 cm³/mol. The Kier molecular flexibility index (Phi) is 6.98. The number of likely N-dealkylation sites (N-methyl/N-ethyl adjacent to an activating group) is 1. The monoisotopic (exact) mass is 367 g/mol. The van der Waals surface area contributed by atoms with E-state index in [4.69, 9.17) is 5.11 Å². The predicted octanol–water partition coefficient (Wildman–Crippen LogP) is 2.81. The van der Waals surface area contributed by atoms with E-state index in [0.29, 0.717) is 12.1 Å². The molecule has 144 valence electrons. The van der Waals surface area contributed by atoms with E-state index in [2.05, 4.69) is 46.3 Å². The van der Waals surface area contributed by atoms with Crippen molar-refractivity contribution >= 4 is 5.97 Å². The van der Waals surface area contributed by atoms with Crippen molar-refractivity contribution < 1.29 is 9.90 Å². The van der Waals surface area contributed by atoms with Crippen LogP contribution in [0, 0.1) is 0 Å². The van der Waals surface area contributed by atoms with Crippen molar-refractivity contribution in [1.29, 1.82) is 0 Å². The third-order valence-corrected chi connectivity index (χ3v) is 5.17. The average Bonchev–Trinajstić information content (AvgIpc) is 2.70. The number of hydrogen-bond donors (Lipinski definition) is 2. The summed E-state index contributed by atoms with van der Waals surface area (Å²) in [6.45, 7) is 10.5. The summed E-state index contributed by atoms with van der Waals surface area (Å²) in [5.41, 5.74) is 3.91. The van der Waals surface area contributed by atoms with E-state index in [1.54, 1.807) is 18.2 Å². The lowest BCUT2D eigenvalue weighted by molar-refractivity contribution is 0.0696. The standard InChI is InChI=1S/C22H29N3O2/c1-2-24-10-12-25(13-11-24)17-19-8-6-18(7-9-19)15-23-16-20-4-3-5-21(14-20)22(26)27/h3-9,14,23H,2,10-13,15-17H2,1H3,(H,26,27). The zero-order chi connectivity index (χ0) is 19.1. The smallest absolute Gasteiger partial charge is 0.335 e. The van der Waals surface area contributed by atoms with Gasteiger partial charge in [-0.3, -0.25) is 4.90 Å². The molecule has 0 aliphatic carbocycles. The number of rotatable bonds is 8. The number of hydrogen-bond acceptors (Lipinski definition) is 4. The molecule has 5 heteroatoms. The first-order chi connectivity index (χ1) is 13.1. The van der Waals surface area contributed by atoms with E-state index in [0.717, 1.165) is 38.3 Å². The first-order valence-corrected chi connectivity index (χ1v) is 9.69. The number of carboxylic acid groups (broad SMARTS) is 1. The minimum Gasteiger partial charge on any atom is -0.478 e. The average molecular weight is 367 g/mol. The SMILES string of the molecule is CCN1CCN(Cc2ccc(CNCc3cccc(C(=O)O)c3)cc2)CC1. The molecular weight excluding hydrogens is 338 g/mol. The van der Waals surface area contributed by atoms with Gasteiger partial charge in [-0.2, -0.15) is 0 Å². The maximum Gasteiger partial charge on any atom is 0.335 e. The molecule has 1 aliphatic heterocycles. The highest BCUT2D eigenvalue weighted by atomic mass is 16.4. The number of nitrogens with zero attached hydrogens (tertiary/aromatic N) is 2. The molecule has 0 aromatic heterocycles. The van der Waals surface area contributed by atoms with Crippen LogP contribution < -0.4 is 5.32 Å². The molecule has 0 saturated carbocycles. The number of carboxylic acids is 1. The van der Waals surface area contributed by atoms with Gasteiger partial charge in [-0.1, -0.05) is 43.3 Å². The number of benzene rings is 2. The minimum atomic E-state index is -0.886. The molecule has 2 N–H and O–H groups in total. The van der Waals surface area contributed by atoms with Crippen molar-refractivity contribution in [1.82, 2.24) is 15.1 Å². The zero-order valence-corrected chi connectivity index (χ0v) is 16.0. The van der Waals surface area contributed by atoms with Crippen molar-refractivity contribution in [3.05, 3.63) is 70.8 Å². The van der Waals surface area contributed by atoms with Gasteiger partial charge in [0, 0.05) is 45.8 Å². The fourth-order valence-electron chi connectivity index (χ4n) is 3.45. The van der Waals surface area contributed by atoms with Crippen LogP contribution in [-0.2, 0) is 19.6 Å². The molecule has 1 aliphatic rings. The van der Waals surface area contributed by atoms with Gasteiger partial charge >= 0.3 is 5.97 Å². The number of aromatic carboxylic acids is 1. The number of nitrogens with one attached hydrogen (secondary N) is 1. The van der Waals surface area contributed by atoms with Crippen molar-refractivity contribution in [3.8, 4) is 0 Å². The van der Waals surface area contributed by atoms with Crippen LogP contribution in [0.3, 0.4) is 0 Å². The Morgan fingerprint density at radius 1 is 0.926 bits per heavy atom. The molecule has 2 aromatic rings. The van der Waals surface area contributed by atoms with Gasteiger partial charge in [0.1, 0.15) is 0 Å². The van der Waals surface area contributed by atoms with Crippen LogP contribution in [0.2, 0.25) is 0 Å². The van der Waals surface area contributed by atoms with E-state index in [9.17, 15) is 4.79 Å². The van der Waals surface area contributed by atoms with Crippen LogP contribution in [0.1, 0.15) is 34.0 Å². The maximum atomic E-state index is 11.0. The topological polar surface area (TPSA) is 55.8 Å².